The van der Waals surface area contributed by atoms with Crippen molar-refractivity contribution in [3.05, 3.63) is 0 Å². The van der Waals surface area contributed by atoms with Crippen molar-refractivity contribution >= 4 is 46.4 Å². The van der Waals surface area contributed by atoms with E-state index in [0.717, 1.165) is 25.7 Å². The van der Waals surface area contributed by atoms with E-state index in [-0.39, 0.29) is 40.3 Å². The summed E-state index contributed by atoms with van der Waals surface area (Å²) < 4.78 is -1.74. The summed E-state index contributed by atoms with van der Waals surface area (Å²) in [6.07, 6.45) is 5.24. The number of fused-ring (bicyclic) bond motifs is 5. The van der Waals surface area contributed by atoms with Crippen LogP contribution in [0.25, 0.3) is 0 Å². The van der Waals surface area contributed by atoms with Gasteiger partial charge in [0.2, 0.25) is 3.79 Å². The van der Waals surface area contributed by atoms with Crippen molar-refractivity contribution < 1.29 is 14.7 Å². The zero-order chi connectivity index (χ0) is 19.1. The molecule has 4 rings (SSSR count). The smallest absolute Gasteiger partial charge is 0.218 e. The van der Waals surface area contributed by atoms with Crippen LogP contribution in [0, 0.1) is 34.5 Å². The minimum absolute atomic E-state index is 0.0135. The second-order valence-corrected chi connectivity index (χ2v) is 12.0. The van der Waals surface area contributed by atoms with Gasteiger partial charge in [0.15, 0.2) is 0 Å². The van der Waals surface area contributed by atoms with Crippen LogP contribution in [-0.4, -0.2) is 26.1 Å². The van der Waals surface area contributed by atoms with E-state index < -0.39 is 9.39 Å². The van der Waals surface area contributed by atoms with Crippen LogP contribution in [0.15, 0.2) is 0 Å². The van der Waals surface area contributed by atoms with Crippen LogP contribution >= 0.6 is 34.8 Å². The standard InChI is InChI=1S/C20H27Cl3O3/c1-17-7-8-19(26,20(21,22)23)10-11(17)9-14(24)16-12-3-4-15(25)18(12,2)6-5-13(16)17/h11-13,16,26H,3-10H2,1-2H3/t11-,12-,13-,16-,17+,18+,19-/m1/s1. The molecule has 0 spiro atoms. The Labute approximate surface area is 170 Å². The molecule has 146 valence electrons. The lowest BCUT2D eigenvalue weighted by Gasteiger charge is -2.61. The maximum atomic E-state index is 13.2. The number of alkyl halides is 3. The van der Waals surface area contributed by atoms with Crippen LogP contribution in [-0.2, 0) is 9.59 Å². The average Bonchev–Trinajstić information content (AvgIpc) is 2.84. The summed E-state index contributed by atoms with van der Waals surface area (Å²) in [4.78, 5) is 25.7. The van der Waals surface area contributed by atoms with E-state index in [1.807, 2.05) is 0 Å². The van der Waals surface area contributed by atoms with E-state index in [9.17, 15) is 14.7 Å². The largest absolute Gasteiger partial charge is 0.385 e. The van der Waals surface area contributed by atoms with E-state index in [0.29, 0.717) is 31.5 Å². The Morgan fingerprint density at radius 1 is 1.04 bits per heavy atom. The van der Waals surface area contributed by atoms with Crippen molar-refractivity contribution in [2.24, 2.45) is 34.5 Å². The van der Waals surface area contributed by atoms with Crippen LogP contribution in [0.5, 0.6) is 0 Å². The lowest BCUT2D eigenvalue weighted by molar-refractivity contribution is -0.167. The van der Waals surface area contributed by atoms with Crippen LogP contribution < -0.4 is 0 Å². The first-order chi connectivity index (χ1) is 11.9. The maximum Gasteiger partial charge on any atom is 0.218 e. The van der Waals surface area contributed by atoms with Crippen molar-refractivity contribution in [2.75, 3.05) is 0 Å². The number of hydrogen-bond acceptors (Lipinski definition) is 3. The number of carbonyl (C=O) groups excluding carboxylic acids is 2. The summed E-state index contributed by atoms with van der Waals surface area (Å²) >= 11 is 18.2. The van der Waals surface area contributed by atoms with E-state index in [1.165, 1.54) is 0 Å². The van der Waals surface area contributed by atoms with Crippen molar-refractivity contribution in [2.45, 2.75) is 74.6 Å². The highest BCUT2D eigenvalue weighted by Crippen LogP contribution is 2.66. The fourth-order valence-electron chi connectivity index (χ4n) is 6.96. The lowest BCUT2D eigenvalue weighted by Crippen LogP contribution is -2.60. The summed E-state index contributed by atoms with van der Waals surface area (Å²) in [6, 6.07) is 0. The normalized spacial score (nSPS) is 51.6. The molecule has 6 heteroatoms. The Bertz CT molecular complexity index is 659. The highest BCUT2D eigenvalue weighted by molar-refractivity contribution is 6.68. The zero-order valence-electron chi connectivity index (χ0n) is 15.4. The molecule has 0 aromatic carbocycles. The summed E-state index contributed by atoms with van der Waals surface area (Å²) in [5.41, 5.74) is -1.72. The van der Waals surface area contributed by atoms with Gasteiger partial charge in [0, 0.05) is 24.2 Å². The van der Waals surface area contributed by atoms with Crippen molar-refractivity contribution in [3.63, 3.8) is 0 Å². The second kappa shape index (κ2) is 5.84. The fourth-order valence-corrected chi connectivity index (χ4v) is 7.47. The third kappa shape index (κ3) is 2.49. The average molecular weight is 422 g/mol. The molecule has 0 aromatic rings. The van der Waals surface area contributed by atoms with Crippen LogP contribution in [0.4, 0.5) is 0 Å². The molecule has 0 saturated heterocycles. The number of hydrogen-bond donors (Lipinski definition) is 1. The monoisotopic (exact) mass is 420 g/mol. The summed E-state index contributed by atoms with van der Waals surface area (Å²) in [7, 11) is 0. The first-order valence-corrected chi connectivity index (χ1v) is 10.9. The molecule has 0 aromatic heterocycles. The number of halogens is 3. The number of Topliss-reactive ketones (excluding diaryl/α,β-unsaturated/α-hetero) is 2. The van der Waals surface area contributed by atoms with E-state index in [1.54, 1.807) is 0 Å². The highest BCUT2D eigenvalue weighted by atomic mass is 35.6. The second-order valence-electron chi connectivity index (χ2n) is 9.76. The molecular formula is C20H27Cl3O3. The van der Waals surface area contributed by atoms with Crippen LogP contribution in [0.2, 0.25) is 0 Å². The Balaban J connectivity index is 1.66. The molecule has 0 aliphatic heterocycles. The zero-order valence-corrected chi connectivity index (χ0v) is 17.6. The van der Waals surface area contributed by atoms with Gasteiger partial charge in [-0.2, -0.15) is 0 Å². The number of aliphatic hydroxyl groups is 1. The van der Waals surface area contributed by atoms with Crippen molar-refractivity contribution in [1.29, 1.82) is 0 Å². The van der Waals surface area contributed by atoms with E-state index in [2.05, 4.69) is 13.8 Å². The van der Waals surface area contributed by atoms with Crippen molar-refractivity contribution in [1.82, 2.24) is 0 Å². The highest BCUT2D eigenvalue weighted by Gasteiger charge is 2.65. The fraction of sp³-hybridized carbons (Fsp3) is 0.900. The molecule has 4 fully saturated rings. The third-order valence-electron chi connectivity index (χ3n) is 8.77. The third-order valence-corrected chi connectivity index (χ3v) is 9.82. The Morgan fingerprint density at radius 2 is 1.73 bits per heavy atom. The van der Waals surface area contributed by atoms with Crippen molar-refractivity contribution in [3.8, 4) is 0 Å². The molecule has 0 unspecified atom stereocenters. The van der Waals surface area contributed by atoms with Gasteiger partial charge in [-0.1, -0.05) is 48.7 Å². The van der Waals surface area contributed by atoms with Crippen LogP contribution in [0.1, 0.15) is 65.2 Å². The van der Waals surface area contributed by atoms with Gasteiger partial charge in [-0.3, -0.25) is 9.59 Å². The van der Waals surface area contributed by atoms with Gasteiger partial charge in [0.25, 0.3) is 0 Å². The maximum absolute atomic E-state index is 13.2. The van der Waals surface area contributed by atoms with Gasteiger partial charge in [-0.05, 0) is 61.7 Å². The minimum atomic E-state index is -1.74. The number of rotatable bonds is 0. The van der Waals surface area contributed by atoms with Gasteiger partial charge >= 0.3 is 0 Å². The number of ketones is 2. The van der Waals surface area contributed by atoms with Crippen LogP contribution in [0.3, 0.4) is 0 Å². The van der Waals surface area contributed by atoms with Gasteiger partial charge < -0.3 is 5.11 Å². The molecule has 0 bridgehead atoms. The summed E-state index contributed by atoms with van der Waals surface area (Å²) in [6.45, 7) is 4.34. The Morgan fingerprint density at radius 3 is 2.38 bits per heavy atom. The predicted octanol–water partition coefficient (Wildman–Crippen LogP) is 4.88. The molecule has 1 N–H and O–H groups in total. The quantitative estimate of drug-likeness (QED) is 0.567. The van der Waals surface area contributed by atoms with Gasteiger partial charge in [0.05, 0.1) is 0 Å². The Hall–Kier alpha value is 0.170. The molecular weight excluding hydrogens is 395 g/mol. The summed E-state index contributed by atoms with van der Waals surface area (Å²) in [5.74, 6) is 1.09. The minimum Gasteiger partial charge on any atom is -0.385 e. The first kappa shape index (κ1) is 19.5. The molecule has 4 aliphatic rings. The first-order valence-electron chi connectivity index (χ1n) is 9.77. The molecule has 4 aliphatic carbocycles. The number of carbonyl (C=O) groups is 2. The SMILES string of the molecule is C[C@]12CC[C@](O)(C(Cl)(Cl)Cl)C[C@H]1CC(=O)[C@H]1[C@H]2CC[C@]2(C)C(=O)CC[C@H]12. The summed E-state index contributed by atoms with van der Waals surface area (Å²) in [5, 5.41) is 10.9. The predicted molar refractivity (Wildman–Crippen MR) is 102 cm³/mol. The molecule has 7 atom stereocenters. The van der Waals surface area contributed by atoms with Gasteiger partial charge in [-0.15, -0.1) is 0 Å². The molecule has 26 heavy (non-hydrogen) atoms. The van der Waals surface area contributed by atoms with Gasteiger partial charge in [-0.25, -0.2) is 0 Å². The lowest BCUT2D eigenvalue weighted by atomic mass is 9.44. The molecule has 3 nitrogen and oxygen atoms in total. The topological polar surface area (TPSA) is 54.4 Å². The molecule has 0 radical (unpaired) electrons. The molecule has 4 saturated carbocycles. The Kier molecular flexibility index (Phi) is 4.38. The van der Waals surface area contributed by atoms with E-state index in [4.69, 9.17) is 34.8 Å². The molecule has 0 amide bonds. The molecule has 0 heterocycles. The van der Waals surface area contributed by atoms with Gasteiger partial charge in [0.1, 0.15) is 17.2 Å². The van der Waals surface area contributed by atoms with E-state index >= 15 is 0 Å².